The number of nitrogens with zero attached hydrogens (tertiary/aromatic N) is 1. The predicted molar refractivity (Wildman–Crippen MR) is 250 cm³/mol. The Morgan fingerprint density at radius 3 is 1.62 bits per heavy atom. The molecular weight excluding hydrogens is 663 g/mol. The summed E-state index contributed by atoms with van der Waals surface area (Å²) in [7, 11) is 0. The van der Waals surface area contributed by atoms with Gasteiger partial charge in [0.1, 0.15) is 0 Å². The summed E-state index contributed by atoms with van der Waals surface area (Å²) in [5, 5.41) is 0. The Morgan fingerprint density at radius 1 is 0.545 bits per heavy atom. The van der Waals surface area contributed by atoms with Crippen molar-refractivity contribution in [3.8, 4) is 33.4 Å². The molecule has 4 aromatic rings. The molecule has 0 heterocycles. The van der Waals surface area contributed by atoms with Crippen molar-refractivity contribution in [2.24, 2.45) is 0 Å². The van der Waals surface area contributed by atoms with Gasteiger partial charge in [-0.2, -0.15) is 0 Å². The van der Waals surface area contributed by atoms with Crippen LogP contribution in [-0.4, -0.2) is 0 Å². The van der Waals surface area contributed by atoms with Crippen LogP contribution in [0.1, 0.15) is 33.3 Å². The lowest BCUT2D eigenvalue weighted by Crippen LogP contribution is -2.12. The number of anilines is 1. The summed E-state index contributed by atoms with van der Waals surface area (Å²) in [6.07, 6.45) is 24.8. The summed E-state index contributed by atoms with van der Waals surface area (Å²) in [5.41, 5.74) is 14.2. The highest BCUT2D eigenvalue weighted by molar-refractivity contribution is 5.87. The highest BCUT2D eigenvalue weighted by Crippen LogP contribution is 2.37. The highest BCUT2D eigenvalue weighted by Gasteiger charge is 2.13. The summed E-state index contributed by atoms with van der Waals surface area (Å²) in [5.74, 6) is 0. The molecule has 0 aliphatic rings. The smallest absolute Gasteiger partial charge is 0.0458 e. The third kappa shape index (κ3) is 14.7. The van der Waals surface area contributed by atoms with Crippen molar-refractivity contribution in [2.75, 3.05) is 4.90 Å². The minimum Gasteiger partial charge on any atom is -0.322 e. The van der Waals surface area contributed by atoms with Gasteiger partial charge in [0.2, 0.25) is 0 Å². The van der Waals surface area contributed by atoms with Crippen LogP contribution in [-0.2, 0) is 0 Å². The van der Waals surface area contributed by atoms with Crippen molar-refractivity contribution < 1.29 is 0 Å². The highest BCUT2D eigenvalue weighted by atomic mass is 15.1. The summed E-state index contributed by atoms with van der Waals surface area (Å²) >= 11 is 0. The summed E-state index contributed by atoms with van der Waals surface area (Å²) in [6.45, 7) is 38.1. The van der Waals surface area contributed by atoms with Gasteiger partial charge in [-0.15, -0.1) is 6.58 Å². The normalized spacial score (nSPS) is 11.1. The first-order chi connectivity index (χ1) is 26.5. The van der Waals surface area contributed by atoms with Crippen LogP contribution >= 0.6 is 0 Å². The van der Waals surface area contributed by atoms with E-state index in [-0.39, 0.29) is 0 Å². The summed E-state index contributed by atoms with van der Waals surface area (Å²) < 4.78 is 0. The molecule has 0 amide bonds. The van der Waals surface area contributed by atoms with E-state index in [4.69, 9.17) is 0 Å². The van der Waals surface area contributed by atoms with Crippen LogP contribution in [0, 0.1) is 0 Å². The molecule has 1 heteroatoms. The topological polar surface area (TPSA) is 3.24 Å². The van der Waals surface area contributed by atoms with Crippen LogP contribution in [0.3, 0.4) is 0 Å². The number of hydrogen-bond acceptors (Lipinski definition) is 1. The molecule has 0 aliphatic heterocycles. The van der Waals surface area contributed by atoms with Gasteiger partial charge in [-0.3, -0.25) is 0 Å². The van der Waals surface area contributed by atoms with Crippen molar-refractivity contribution in [2.45, 2.75) is 27.7 Å². The fourth-order valence-electron chi connectivity index (χ4n) is 5.07. The molecule has 0 bridgehead atoms. The molecular formula is C54H57N. The fourth-order valence-corrected chi connectivity index (χ4v) is 5.07. The minimum atomic E-state index is 0.914. The maximum Gasteiger partial charge on any atom is 0.0458 e. The number of allylic oxidation sites excluding steroid dienone is 17. The fraction of sp³-hybridized carbons (Fsp3) is 0.0741. The molecule has 0 saturated carbocycles. The van der Waals surface area contributed by atoms with Gasteiger partial charge >= 0.3 is 0 Å². The van der Waals surface area contributed by atoms with Crippen molar-refractivity contribution in [1.29, 1.82) is 0 Å². The van der Waals surface area contributed by atoms with Gasteiger partial charge < -0.3 is 4.90 Å². The third-order valence-corrected chi connectivity index (χ3v) is 8.18. The van der Waals surface area contributed by atoms with E-state index in [1.807, 2.05) is 94.6 Å². The Hall–Kier alpha value is -6.70. The molecule has 0 N–H and O–H groups in total. The molecule has 1 nitrogen and oxygen atoms in total. The predicted octanol–water partition coefficient (Wildman–Crippen LogP) is 16.0. The maximum absolute atomic E-state index is 4.26. The van der Waals surface area contributed by atoms with Crippen LogP contribution in [0.15, 0.2) is 251 Å². The van der Waals surface area contributed by atoms with Gasteiger partial charge in [0.15, 0.2) is 0 Å². The van der Waals surface area contributed by atoms with Crippen LogP contribution in [0.25, 0.3) is 39.0 Å². The van der Waals surface area contributed by atoms with E-state index in [0.717, 1.165) is 67.1 Å². The van der Waals surface area contributed by atoms with E-state index in [1.54, 1.807) is 18.2 Å². The van der Waals surface area contributed by atoms with E-state index < -0.39 is 0 Å². The van der Waals surface area contributed by atoms with E-state index in [1.165, 1.54) is 5.56 Å². The summed E-state index contributed by atoms with van der Waals surface area (Å²) in [6, 6.07) is 34.4. The van der Waals surface area contributed by atoms with Crippen LogP contribution in [0.4, 0.5) is 5.69 Å². The average molecular weight is 720 g/mol. The molecule has 0 atom stereocenters. The second-order valence-electron chi connectivity index (χ2n) is 12.6. The van der Waals surface area contributed by atoms with Crippen LogP contribution in [0.2, 0.25) is 0 Å². The minimum absolute atomic E-state index is 0.914. The molecule has 278 valence electrons. The first kappa shape index (κ1) is 44.5. The molecule has 0 fully saturated rings. The van der Waals surface area contributed by atoms with E-state index in [9.17, 15) is 0 Å². The van der Waals surface area contributed by atoms with Gasteiger partial charge in [0.05, 0.1) is 0 Å². The lowest BCUT2D eigenvalue weighted by atomic mass is 9.92. The molecule has 4 rings (SSSR count). The molecule has 0 aliphatic carbocycles. The van der Waals surface area contributed by atoms with Gasteiger partial charge in [-0.25, -0.2) is 0 Å². The van der Waals surface area contributed by atoms with E-state index >= 15 is 0 Å². The molecule has 0 radical (unpaired) electrons. The first-order valence-corrected chi connectivity index (χ1v) is 18.2. The first-order valence-electron chi connectivity index (χ1n) is 18.2. The summed E-state index contributed by atoms with van der Waals surface area (Å²) in [4.78, 5) is 2.10. The van der Waals surface area contributed by atoms with Gasteiger partial charge in [0, 0.05) is 17.6 Å². The zero-order valence-corrected chi connectivity index (χ0v) is 33.3. The monoisotopic (exact) mass is 719 g/mol. The Bertz CT molecular complexity index is 2070. The Balaban J connectivity index is 0.00000104. The quantitative estimate of drug-likeness (QED) is 0.0873. The van der Waals surface area contributed by atoms with Crippen molar-refractivity contribution in [3.05, 3.63) is 257 Å². The molecule has 0 spiro atoms. The van der Waals surface area contributed by atoms with Crippen molar-refractivity contribution in [1.82, 2.24) is 0 Å². The number of benzene rings is 4. The number of hydrogen-bond donors (Lipinski definition) is 0. The molecule has 4 aromatic carbocycles. The van der Waals surface area contributed by atoms with Crippen LogP contribution < -0.4 is 4.90 Å². The lowest BCUT2D eigenvalue weighted by molar-refractivity contribution is 1.16. The van der Waals surface area contributed by atoms with E-state index in [2.05, 4.69) is 149 Å². The Labute approximate surface area is 332 Å². The second-order valence-corrected chi connectivity index (χ2v) is 12.6. The second kappa shape index (κ2) is 24.5. The van der Waals surface area contributed by atoms with Gasteiger partial charge in [-0.05, 0) is 96.0 Å². The van der Waals surface area contributed by atoms with Gasteiger partial charge in [0.25, 0.3) is 0 Å². The average Bonchev–Trinajstić information content (AvgIpc) is 3.20. The largest absolute Gasteiger partial charge is 0.322 e. The van der Waals surface area contributed by atoms with Crippen molar-refractivity contribution >= 4 is 11.3 Å². The van der Waals surface area contributed by atoms with E-state index in [0.29, 0.717) is 0 Å². The Kier molecular flexibility index (Phi) is 19.8. The lowest BCUT2D eigenvalue weighted by Gasteiger charge is -2.22. The number of rotatable bonds is 15. The zero-order valence-electron chi connectivity index (χ0n) is 33.3. The molecule has 0 aromatic heterocycles. The van der Waals surface area contributed by atoms with Gasteiger partial charge in [-0.1, -0.05) is 209 Å². The molecule has 0 unspecified atom stereocenters. The molecule has 0 saturated heterocycles. The Morgan fingerprint density at radius 2 is 1.11 bits per heavy atom. The third-order valence-electron chi connectivity index (χ3n) is 8.18. The zero-order chi connectivity index (χ0) is 40.6. The standard InChI is InChI=1S/C45H41N.C6H10.C3H6/c1-7-11-12-14-19-36(9-3)20-17-33-46(35(5)6)43-31-32-44(45(34-43)41-21-15-13-16-22-41)42-29-27-40(28-30-42)39-25-23-38(24-26-39)37(10-4)18-8-2;1-5(2)6(3)4;1-3-2/h7-34H,1-5H2,6H3;1,3H2,2,4H3;3H,1H2,2H3/b12-11-,19-14+,33-17+,36-20+,37-18+;;. The van der Waals surface area contributed by atoms with Crippen molar-refractivity contribution in [3.63, 3.8) is 0 Å². The maximum atomic E-state index is 4.26. The van der Waals surface area contributed by atoms with Crippen LogP contribution in [0.5, 0.6) is 0 Å². The molecule has 55 heavy (non-hydrogen) atoms. The SMILES string of the molecule is C=C(C)C(=C)C.C=CC.C=C\C=C/C=C/C(C=C)=C/C=C/N(C(=C)C)c1ccc(-c2ccc(-c3ccc(/C(C=C)=C/C=C)cc3)cc2)c(-c2ccccc2)c1.